The Morgan fingerprint density at radius 1 is 1.26 bits per heavy atom. The van der Waals surface area contributed by atoms with Gasteiger partial charge in [-0.3, -0.25) is 4.79 Å². The first-order valence-corrected chi connectivity index (χ1v) is 9.08. The van der Waals surface area contributed by atoms with Gasteiger partial charge in [-0.05, 0) is 57.1 Å². The second-order valence-electron chi connectivity index (χ2n) is 8.17. The lowest BCUT2D eigenvalue weighted by Gasteiger charge is -2.30. The number of hydrogen-bond acceptors (Lipinski definition) is 2. The number of rotatable bonds is 5. The van der Waals surface area contributed by atoms with E-state index < -0.39 is 5.41 Å². The molecule has 3 N–H and O–H groups in total. The fraction of sp³-hybridized carbons (Fsp3) is 0.650. The van der Waals surface area contributed by atoms with Crippen LogP contribution in [0.4, 0.5) is 0 Å². The van der Waals surface area contributed by atoms with Crippen molar-refractivity contribution in [3.63, 3.8) is 0 Å². The van der Waals surface area contributed by atoms with Gasteiger partial charge < -0.3 is 11.1 Å². The highest BCUT2D eigenvalue weighted by atomic mass is 16.2. The molecular formula is C20H30N2O. The third-order valence-corrected chi connectivity index (χ3v) is 5.61. The average molecular weight is 314 g/mol. The summed E-state index contributed by atoms with van der Waals surface area (Å²) in [5, 5.41) is 3.27. The van der Waals surface area contributed by atoms with Gasteiger partial charge >= 0.3 is 0 Å². The number of nitrogens with two attached hydrogens (primary N) is 1. The highest BCUT2D eigenvalue weighted by Crippen LogP contribution is 2.36. The Bertz CT molecular complexity index is 569. The number of nitrogens with one attached hydrogen (secondary N) is 1. The average Bonchev–Trinajstić information content (AvgIpc) is 3.25. The molecule has 0 bridgehead atoms. The molecule has 2 fully saturated rings. The van der Waals surface area contributed by atoms with Crippen molar-refractivity contribution in [1.82, 2.24) is 5.32 Å². The lowest BCUT2D eigenvalue weighted by molar-refractivity contribution is -0.126. The van der Waals surface area contributed by atoms with Crippen LogP contribution in [-0.2, 0) is 16.6 Å². The lowest BCUT2D eigenvalue weighted by Crippen LogP contribution is -2.45. The van der Waals surface area contributed by atoms with E-state index in [0.29, 0.717) is 6.04 Å². The maximum Gasteiger partial charge on any atom is 0.230 e. The zero-order valence-electron chi connectivity index (χ0n) is 14.5. The topological polar surface area (TPSA) is 55.1 Å². The Labute approximate surface area is 140 Å². The van der Waals surface area contributed by atoms with Gasteiger partial charge in [-0.2, -0.15) is 0 Å². The smallest absolute Gasteiger partial charge is 0.230 e. The number of carbonyl (C=O) groups is 1. The third-order valence-electron chi connectivity index (χ3n) is 5.61. The van der Waals surface area contributed by atoms with E-state index in [4.69, 9.17) is 5.73 Å². The molecule has 0 aromatic heterocycles. The van der Waals surface area contributed by atoms with E-state index in [-0.39, 0.29) is 11.4 Å². The van der Waals surface area contributed by atoms with Crippen molar-refractivity contribution in [2.45, 2.75) is 82.2 Å². The van der Waals surface area contributed by atoms with Crippen LogP contribution < -0.4 is 11.1 Å². The van der Waals surface area contributed by atoms with Gasteiger partial charge in [0.1, 0.15) is 0 Å². The molecule has 1 aromatic rings. The maximum absolute atomic E-state index is 12.8. The molecule has 2 aliphatic rings. The van der Waals surface area contributed by atoms with Crippen LogP contribution in [0.2, 0.25) is 0 Å². The van der Waals surface area contributed by atoms with E-state index in [1.807, 2.05) is 13.8 Å². The molecule has 3 nitrogen and oxygen atoms in total. The molecule has 23 heavy (non-hydrogen) atoms. The van der Waals surface area contributed by atoms with Gasteiger partial charge in [0.05, 0.1) is 5.41 Å². The summed E-state index contributed by atoms with van der Waals surface area (Å²) in [5.74, 6) is 0.149. The molecule has 126 valence electrons. The monoisotopic (exact) mass is 314 g/mol. The van der Waals surface area contributed by atoms with Crippen molar-refractivity contribution < 1.29 is 4.79 Å². The number of amides is 1. The van der Waals surface area contributed by atoms with Crippen molar-refractivity contribution in [3.05, 3.63) is 35.4 Å². The number of carbonyl (C=O) groups excluding carboxylic acids is 1. The zero-order chi connectivity index (χ0) is 16.5. The van der Waals surface area contributed by atoms with E-state index >= 15 is 0 Å². The van der Waals surface area contributed by atoms with Crippen LogP contribution in [-0.4, -0.2) is 17.5 Å². The summed E-state index contributed by atoms with van der Waals surface area (Å²) in [6.45, 7) is 4.05. The fourth-order valence-corrected chi connectivity index (χ4v) is 3.56. The van der Waals surface area contributed by atoms with Crippen LogP contribution in [0.3, 0.4) is 0 Å². The molecule has 0 radical (unpaired) electrons. The molecule has 2 saturated carbocycles. The molecule has 1 amide bonds. The predicted octanol–water partition coefficient (Wildman–Crippen LogP) is 3.45. The van der Waals surface area contributed by atoms with Crippen molar-refractivity contribution in [2.75, 3.05) is 0 Å². The molecule has 3 heteroatoms. The Balaban J connectivity index is 1.70. The molecule has 2 aliphatic carbocycles. The molecular weight excluding hydrogens is 284 g/mol. The fourth-order valence-electron chi connectivity index (χ4n) is 3.56. The second-order valence-corrected chi connectivity index (χ2v) is 8.17. The van der Waals surface area contributed by atoms with Crippen LogP contribution in [0.15, 0.2) is 24.3 Å². The van der Waals surface area contributed by atoms with Gasteiger partial charge in [-0.1, -0.05) is 43.5 Å². The summed E-state index contributed by atoms with van der Waals surface area (Å²) in [6.07, 6.45) is 9.17. The third kappa shape index (κ3) is 3.95. The Morgan fingerprint density at radius 3 is 2.61 bits per heavy atom. The molecule has 0 unspecified atom stereocenters. The van der Waals surface area contributed by atoms with Crippen LogP contribution in [0, 0.1) is 0 Å². The van der Waals surface area contributed by atoms with Crippen LogP contribution in [0.5, 0.6) is 0 Å². The first-order valence-electron chi connectivity index (χ1n) is 9.08. The highest BCUT2D eigenvalue weighted by Gasteiger charge is 2.38. The molecule has 1 aromatic carbocycles. The molecule has 0 aliphatic heterocycles. The van der Waals surface area contributed by atoms with Crippen molar-refractivity contribution in [1.29, 1.82) is 0 Å². The maximum atomic E-state index is 12.8. The number of hydrogen-bond donors (Lipinski definition) is 2. The molecule has 0 atom stereocenters. The van der Waals surface area contributed by atoms with Gasteiger partial charge in [-0.15, -0.1) is 0 Å². The molecule has 0 saturated heterocycles. The standard InChI is InChI=1S/C20H30N2O/c1-19(2,18(23)22-17-9-4-3-5-10-17)16-8-6-7-15(13-16)14-20(21)11-12-20/h6-8,13,17H,3-5,9-12,14,21H2,1-2H3,(H,22,23). The Morgan fingerprint density at radius 2 is 1.96 bits per heavy atom. The van der Waals surface area contributed by atoms with Gasteiger partial charge in [-0.25, -0.2) is 0 Å². The number of benzene rings is 1. The lowest BCUT2D eigenvalue weighted by atomic mass is 9.81. The summed E-state index contributed by atoms with van der Waals surface area (Å²) >= 11 is 0. The van der Waals surface area contributed by atoms with Crippen molar-refractivity contribution >= 4 is 5.91 Å². The summed E-state index contributed by atoms with van der Waals surface area (Å²) in [7, 11) is 0. The van der Waals surface area contributed by atoms with Crippen LogP contribution in [0.1, 0.15) is 69.9 Å². The van der Waals surface area contributed by atoms with E-state index in [0.717, 1.165) is 37.7 Å². The summed E-state index contributed by atoms with van der Waals surface area (Å²) in [6, 6.07) is 8.79. The summed E-state index contributed by atoms with van der Waals surface area (Å²) < 4.78 is 0. The van der Waals surface area contributed by atoms with Crippen LogP contribution in [0.25, 0.3) is 0 Å². The molecule has 0 heterocycles. The minimum absolute atomic E-state index is 0.00707. The van der Waals surface area contributed by atoms with E-state index in [1.54, 1.807) is 0 Å². The minimum atomic E-state index is -0.501. The quantitative estimate of drug-likeness (QED) is 0.874. The Kier molecular flexibility index (Phi) is 4.50. The Hall–Kier alpha value is -1.35. The second kappa shape index (κ2) is 6.27. The SMILES string of the molecule is CC(C)(C(=O)NC1CCCCC1)c1cccc(CC2(N)CC2)c1. The van der Waals surface area contributed by atoms with Gasteiger partial charge in [0, 0.05) is 11.6 Å². The highest BCUT2D eigenvalue weighted by molar-refractivity contribution is 5.87. The van der Waals surface area contributed by atoms with Gasteiger partial charge in [0.15, 0.2) is 0 Å². The van der Waals surface area contributed by atoms with Crippen molar-refractivity contribution in [2.24, 2.45) is 5.73 Å². The van der Waals surface area contributed by atoms with Crippen molar-refractivity contribution in [3.8, 4) is 0 Å². The van der Waals surface area contributed by atoms with Gasteiger partial charge in [0.2, 0.25) is 5.91 Å². The predicted molar refractivity (Wildman–Crippen MR) is 94.3 cm³/mol. The first-order chi connectivity index (χ1) is 10.9. The summed E-state index contributed by atoms with van der Waals surface area (Å²) in [5.41, 5.74) is 8.09. The molecule has 3 rings (SSSR count). The van der Waals surface area contributed by atoms with Gasteiger partial charge in [0.25, 0.3) is 0 Å². The van der Waals surface area contributed by atoms with E-state index in [2.05, 4.69) is 29.6 Å². The first kappa shape index (κ1) is 16.5. The largest absolute Gasteiger partial charge is 0.353 e. The van der Waals surface area contributed by atoms with Crippen LogP contribution >= 0.6 is 0 Å². The zero-order valence-corrected chi connectivity index (χ0v) is 14.5. The molecule has 0 spiro atoms. The summed E-state index contributed by atoms with van der Waals surface area (Å²) in [4.78, 5) is 12.8. The van der Waals surface area contributed by atoms with E-state index in [1.165, 1.54) is 24.8 Å². The minimum Gasteiger partial charge on any atom is -0.353 e. The van der Waals surface area contributed by atoms with E-state index in [9.17, 15) is 4.79 Å². The normalized spacial score (nSPS) is 21.0.